The van der Waals surface area contributed by atoms with Crippen molar-refractivity contribution in [1.29, 1.82) is 0 Å². The van der Waals surface area contributed by atoms with Crippen LogP contribution in [0.25, 0.3) is 0 Å². The largest absolute Gasteiger partial charge is 0.291 e. The summed E-state index contributed by atoms with van der Waals surface area (Å²) in [6, 6.07) is 6.14. The fourth-order valence-corrected chi connectivity index (χ4v) is 4.10. The molecule has 0 saturated heterocycles. The summed E-state index contributed by atoms with van der Waals surface area (Å²) in [5.74, 6) is -2.72. The van der Waals surface area contributed by atoms with Crippen LogP contribution in [0.1, 0.15) is 37.0 Å². The Morgan fingerprint density at radius 2 is 1.75 bits per heavy atom. The van der Waals surface area contributed by atoms with Crippen molar-refractivity contribution in [1.82, 2.24) is 10.9 Å². The first-order chi connectivity index (χ1) is 11.2. The van der Waals surface area contributed by atoms with Crippen LogP contribution in [0.2, 0.25) is 5.02 Å². The van der Waals surface area contributed by atoms with E-state index in [9.17, 15) is 19.2 Å². The molecule has 0 spiro atoms. The third-order valence-corrected chi connectivity index (χ3v) is 5.74. The molecule has 1 aromatic carbocycles. The molecule has 2 fully saturated rings. The first kappa shape index (κ1) is 16.6. The van der Waals surface area contributed by atoms with Crippen LogP contribution in [0.5, 0.6) is 0 Å². The first-order valence-electron chi connectivity index (χ1n) is 7.67. The van der Waals surface area contributed by atoms with Gasteiger partial charge in [-0.1, -0.05) is 25.4 Å². The minimum absolute atomic E-state index is 0.314. The van der Waals surface area contributed by atoms with Gasteiger partial charge in [-0.3, -0.25) is 30.0 Å². The zero-order valence-corrected chi connectivity index (χ0v) is 14.1. The lowest BCUT2D eigenvalue weighted by Crippen LogP contribution is -2.55. The van der Waals surface area contributed by atoms with E-state index >= 15 is 0 Å². The molecule has 2 saturated carbocycles. The quantitative estimate of drug-likeness (QED) is 0.483. The van der Waals surface area contributed by atoms with Gasteiger partial charge in [0.15, 0.2) is 0 Å². The molecule has 0 radical (unpaired) electrons. The number of hydrogen-bond acceptors (Lipinski definition) is 4. The second kappa shape index (κ2) is 5.41. The molecule has 6 nitrogen and oxygen atoms in total. The molecular formula is C17H17ClN2O4. The number of carbonyl (C=O) groups is 4. The van der Waals surface area contributed by atoms with Crippen molar-refractivity contribution in [2.24, 2.45) is 16.7 Å². The van der Waals surface area contributed by atoms with Gasteiger partial charge in [0.1, 0.15) is 5.41 Å². The number of carbonyl (C=O) groups excluding carboxylic acids is 4. The predicted molar refractivity (Wildman–Crippen MR) is 86.0 cm³/mol. The summed E-state index contributed by atoms with van der Waals surface area (Å²) >= 11 is 5.76. The SMILES string of the molecule is CC1(C)C2CCC1(C(=O)NNC(=O)c1ccc(Cl)cc1)C(=O)C2=O. The minimum Gasteiger partial charge on any atom is -0.291 e. The van der Waals surface area contributed by atoms with Crippen LogP contribution in [0.15, 0.2) is 24.3 Å². The number of halogens is 1. The number of nitrogens with one attached hydrogen (secondary N) is 2. The van der Waals surface area contributed by atoms with Crippen LogP contribution >= 0.6 is 11.6 Å². The molecular weight excluding hydrogens is 332 g/mol. The van der Waals surface area contributed by atoms with Gasteiger partial charge < -0.3 is 0 Å². The van der Waals surface area contributed by atoms with Crippen LogP contribution in [-0.2, 0) is 14.4 Å². The summed E-state index contributed by atoms with van der Waals surface area (Å²) in [4.78, 5) is 49.1. The van der Waals surface area contributed by atoms with Crippen molar-refractivity contribution < 1.29 is 19.2 Å². The van der Waals surface area contributed by atoms with Crippen molar-refractivity contribution in [2.45, 2.75) is 26.7 Å². The Hall–Kier alpha value is -2.21. The van der Waals surface area contributed by atoms with Crippen molar-refractivity contribution in [3.05, 3.63) is 34.9 Å². The Morgan fingerprint density at radius 3 is 2.29 bits per heavy atom. The average Bonchev–Trinajstić information content (AvgIpc) is 2.89. The molecule has 24 heavy (non-hydrogen) atoms. The minimum atomic E-state index is -1.40. The van der Waals surface area contributed by atoms with E-state index in [0.717, 1.165) is 0 Å². The van der Waals surface area contributed by atoms with Crippen molar-refractivity contribution in [3.8, 4) is 0 Å². The summed E-state index contributed by atoms with van der Waals surface area (Å²) in [5.41, 5.74) is 2.78. The van der Waals surface area contributed by atoms with E-state index in [1.165, 1.54) is 12.1 Å². The average molecular weight is 349 g/mol. The van der Waals surface area contributed by atoms with Gasteiger partial charge in [0.25, 0.3) is 11.8 Å². The van der Waals surface area contributed by atoms with Gasteiger partial charge in [-0.25, -0.2) is 0 Å². The Kier molecular flexibility index (Phi) is 3.75. The third kappa shape index (κ3) is 2.09. The Morgan fingerprint density at radius 1 is 1.12 bits per heavy atom. The Labute approximate surface area is 143 Å². The van der Waals surface area contributed by atoms with Crippen LogP contribution in [0.3, 0.4) is 0 Å². The van der Waals surface area contributed by atoms with Crippen LogP contribution < -0.4 is 10.9 Å². The number of benzene rings is 1. The molecule has 2 bridgehead atoms. The zero-order valence-electron chi connectivity index (χ0n) is 13.3. The topological polar surface area (TPSA) is 92.3 Å². The Balaban J connectivity index is 1.75. The summed E-state index contributed by atoms with van der Waals surface area (Å²) < 4.78 is 0. The highest BCUT2D eigenvalue weighted by molar-refractivity contribution is 6.47. The van der Waals surface area contributed by atoms with Gasteiger partial charge in [-0.15, -0.1) is 0 Å². The van der Waals surface area contributed by atoms with E-state index in [0.29, 0.717) is 23.4 Å². The molecule has 1 aromatic rings. The highest BCUT2D eigenvalue weighted by Crippen LogP contribution is 2.62. The summed E-state index contributed by atoms with van der Waals surface area (Å²) in [7, 11) is 0. The van der Waals surface area contributed by atoms with Gasteiger partial charge in [0.2, 0.25) is 11.6 Å². The molecule has 2 N–H and O–H groups in total. The normalized spacial score (nSPS) is 27.2. The van der Waals surface area contributed by atoms with Crippen LogP contribution in [0.4, 0.5) is 0 Å². The Bertz CT molecular complexity index is 756. The maximum absolute atomic E-state index is 12.7. The van der Waals surface area contributed by atoms with E-state index in [1.54, 1.807) is 26.0 Å². The number of fused-ring (bicyclic) bond motifs is 2. The van der Waals surface area contributed by atoms with Crippen LogP contribution in [-0.4, -0.2) is 23.4 Å². The number of ketones is 2. The molecule has 0 aromatic heterocycles. The van der Waals surface area contributed by atoms with Crippen molar-refractivity contribution in [2.75, 3.05) is 0 Å². The number of amides is 2. The van der Waals surface area contributed by atoms with Gasteiger partial charge in [-0.2, -0.15) is 0 Å². The van der Waals surface area contributed by atoms with E-state index in [1.807, 2.05) is 0 Å². The maximum atomic E-state index is 12.7. The van der Waals surface area contributed by atoms with Crippen molar-refractivity contribution >= 4 is 35.0 Å². The predicted octanol–water partition coefficient (Wildman–Crippen LogP) is 1.68. The van der Waals surface area contributed by atoms with Crippen molar-refractivity contribution in [3.63, 3.8) is 0 Å². The molecule has 7 heteroatoms. The van der Waals surface area contributed by atoms with E-state index in [4.69, 9.17) is 11.6 Å². The summed E-state index contributed by atoms with van der Waals surface area (Å²) in [6.45, 7) is 3.52. The number of hydrogen-bond donors (Lipinski definition) is 2. The van der Waals surface area contributed by atoms with E-state index in [2.05, 4.69) is 10.9 Å². The summed E-state index contributed by atoms with van der Waals surface area (Å²) in [6.07, 6.45) is 0.827. The lowest BCUT2D eigenvalue weighted by Gasteiger charge is -2.33. The summed E-state index contributed by atoms with van der Waals surface area (Å²) in [5, 5.41) is 0.489. The smallest absolute Gasteiger partial charge is 0.269 e. The number of hydrazine groups is 1. The molecule has 2 amide bonds. The third-order valence-electron chi connectivity index (χ3n) is 5.49. The lowest BCUT2D eigenvalue weighted by molar-refractivity contribution is -0.149. The van der Waals surface area contributed by atoms with Gasteiger partial charge in [0.05, 0.1) is 0 Å². The molecule has 2 unspecified atom stereocenters. The molecule has 2 aliphatic carbocycles. The fourth-order valence-electron chi connectivity index (χ4n) is 3.98. The fraction of sp³-hybridized carbons (Fsp3) is 0.412. The second-order valence-corrected chi connectivity index (χ2v) is 7.26. The van der Waals surface area contributed by atoms with E-state index < -0.39 is 40.1 Å². The standard InChI is InChI=1S/C17H17ClN2O4/c1-16(2)11-7-8-17(16,13(22)12(11)21)15(24)20-19-14(23)9-3-5-10(18)6-4-9/h3-6,11H,7-8H2,1-2H3,(H,19,23)(H,20,24). The first-order valence-corrected chi connectivity index (χ1v) is 8.04. The zero-order chi connectivity index (χ0) is 17.7. The molecule has 126 valence electrons. The van der Waals surface area contributed by atoms with Gasteiger partial charge in [0, 0.05) is 16.5 Å². The molecule has 2 atom stereocenters. The molecule has 0 aliphatic heterocycles. The monoisotopic (exact) mass is 348 g/mol. The number of rotatable bonds is 2. The molecule has 3 rings (SSSR count). The highest BCUT2D eigenvalue weighted by atomic mass is 35.5. The second-order valence-electron chi connectivity index (χ2n) is 6.83. The lowest BCUT2D eigenvalue weighted by atomic mass is 9.68. The van der Waals surface area contributed by atoms with Crippen LogP contribution in [0, 0.1) is 16.7 Å². The van der Waals surface area contributed by atoms with Gasteiger partial charge >= 0.3 is 0 Å². The maximum Gasteiger partial charge on any atom is 0.269 e. The molecule has 0 heterocycles. The van der Waals surface area contributed by atoms with E-state index in [-0.39, 0.29) is 0 Å². The van der Waals surface area contributed by atoms with Gasteiger partial charge in [-0.05, 0) is 42.5 Å². The highest BCUT2D eigenvalue weighted by Gasteiger charge is 2.72. The molecule has 2 aliphatic rings. The number of Topliss-reactive ketones (excluding diaryl/α,β-unsaturated/α-hetero) is 2.